The highest BCUT2D eigenvalue weighted by Crippen LogP contribution is 2.23. The Hall–Kier alpha value is -0.670. The van der Waals surface area contributed by atoms with Gasteiger partial charge in [0.1, 0.15) is 0 Å². The van der Waals surface area contributed by atoms with Gasteiger partial charge in [-0.1, -0.05) is 11.6 Å². The van der Waals surface area contributed by atoms with Gasteiger partial charge in [-0.05, 0) is 24.5 Å². The van der Waals surface area contributed by atoms with Gasteiger partial charge in [0.25, 0.3) is 0 Å². The van der Waals surface area contributed by atoms with Crippen molar-refractivity contribution in [2.45, 2.75) is 4.90 Å². The van der Waals surface area contributed by atoms with Gasteiger partial charge in [0.2, 0.25) is 5.91 Å². The number of hydrogen-bond acceptors (Lipinski definition) is 2. The highest BCUT2D eigenvalue weighted by atomic mass is 35.5. The molecule has 1 aromatic carbocycles. The number of rotatable bonds is 2. The van der Waals surface area contributed by atoms with E-state index in [1.165, 1.54) is 11.8 Å². The Balaban J connectivity index is 3.21. The summed E-state index contributed by atoms with van der Waals surface area (Å²) in [6.45, 7) is 0. The quantitative estimate of drug-likeness (QED) is 0.746. The number of hydrogen-bond donors (Lipinski definition) is 1. The number of carbonyl (C=O) groups excluding carboxylic acids is 1. The molecule has 0 unspecified atom stereocenters. The molecule has 2 nitrogen and oxygen atoms in total. The molecule has 0 aromatic heterocycles. The lowest BCUT2D eigenvalue weighted by Crippen LogP contribution is -2.11. The predicted molar refractivity (Wildman–Crippen MR) is 51.8 cm³/mol. The van der Waals surface area contributed by atoms with E-state index in [4.69, 9.17) is 17.3 Å². The fraction of sp³-hybridized carbons (Fsp3) is 0.125. The van der Waals surface area contributed by atoms with E-state index in [1.54, 1.807) is 18.2 Å². The first-order valence-electron chi connectivity index (χ1n) is 3.28. The normalized spacial score (nSPS) is 9.83. The molecule has 0 saturated carbocycles. The maximum atomic E-state index is 10.9. The second-order valence-corrected chi connectivity index (χ2v) is 3.49. The number of benzene rings is 1. The number of carbonyl (C=O) groups is 1. The summed E-state index contributed by atoms with van der Waals surface area (Å²) < 4.78 is 0. The number of thioether (sulfide) groups is 1. The van der Waals surface area contributed by atoms with Crippen molar-refractivity contribution < 1.29 is 4.79 Å². The Morgan fingerprint density at radius 1 is 1.58 bits per heavy atom. The zero-order valence-corrected chi connectivity index (χ0v) is 8.08. The molecule has 0 atom stereocenters. The molecule has 0 aliphatic rings. The average Bonchev–Trinajstić information content (AvgIpc) is 2.04. The molecular weight excluding hydrogens is 194 g/mol. The van der Waals surface area contributed by atoms with Gasteiger partial charge < -0.3 is 5.73 Å². The number of amides is 1. The van der Waals surface area contributed by atoms with Crippen LogP contribution >= 0.6 is 23.4 Å². The van der Waals surface area contributed by atoms with Crippen molar-refractivity contribution >= 4 is 29.3 Å². The fourth-order valence-corrected chi connectivity index (χ4v) is 1.63. The van der Waals surface area contributed by atoms with Crippen LogP contribution in [-0.4, -0.2) is 12.2 Å². The molecule has 4 heteroatoms. The van der Waals surface area contributed by atoms with E-state index in [-0.39, 0.29) is 0 Å². The summed E-state index contributed by atoms with van der Waals surface area (Å²) >= 11 is 7.17. The fourth-order valence-electron chi connectivity index (χ4n) is 0.873. The smallest absolute Gasteiger partial charge is 0.249 e. The van der Waals surface area contributed by atoms with Crippen LogP contribution in [0.15, 0.2) is 23.1 Å². The van der Waals surface area contributed by atoms with Crippen LogP contribution < -0.4 is 5.73 Å². The predicted octanol–water partition coefficient (Wildman–Crippen LogP) is 2.16. The molecule has 1 aromatic rings. The molecule has 0 saturated heterocycles. The first kappa shape index (κ1) is 9.42. The summed E-state index contributed by atoms with van der Waals surface area (Å²) in [7, 11) is 0. The summed E-state index contributed by atoms with van der Waals surface area (Å²) in [6, 6.07) is 5.10. The lowest BCUT2D eigenvalue weighted by atomic mass is 10.2. The molecule has 1 amide bonds. The standard InChI is InChI=1S/C8H8ClNOS/c1-12-7-3-2-5(9)4-6(7)8(10)11/h2-4H,1H3,(H2,10,11). The molecule has 2 N–H and O–H groups in total. The molecular formula is C8H8ClNOS. The second-order valence-electron chi connectivity index (χ2n) is 2.21. The first-order valence-corrected chi connectivity index (χ1v) is 4.88. The Bertz CT molecular complexity index is 314. The van der Waals surface area contributed by atoms with Gasteiger partial charge in [0.05, 0.1) is 5.56 Å². The second kappa shape index (κ2) is 3.83. The Kier molecular flexibility index (Phi) is 3.00. The van der Waals surface area contributed by atoms with Crippen molar-refractivity contribution in [1.29, 1.82) is 0 Å². The molecule has 1 rings (SSSR count). The van der Waals surface area contributed by atoms with Crippen LogP contribution in [0.1, 0.15) is 10.4 Å². The van der Waals surface area contributed by atoms with Crippen LogP contribution in [0.3, 0.4) is 0 Å². The van der Waals surface area contributed by atoms with Crippen molar-refractivity contribution in [2.75, 3.05) is 6.26 Å². The van der Waals surface area contributed by atoms with Crippen LogP contribution in [0.5, 0.6) is 0 Å². The molecule has 64 valence electrons. The van der Waals surface area contributed by atoms with Crippen molar-refractivity contribution in [3.63, 3.8) is 0 Å². The van der Waals surface area contributed by atoms with Gasteiger partial charge in [-0.3, -0.25) is 4.79 Å². The molecule has 0 spiro atoms. The topological polar surface area (TPSA) is 43.1 Å². The van der Waals surface area contributed by atoms with Gasteiger partial charge >= 0.3 is 0 Å². The van der Waals surface area contributed by atoms with E-state index >= 15 is 0 Å². The lowest BCUT2D eigenvalue weighted by molar-refractivity contribution is 0.0997. The van der Waals surface area contributed by atoms with Gasteiger partial charge in [0, 0.05) is 9.92 Å². The Morgan fingerprint density at radius 3 is 2.75 bits per heavy atom. The SMILES string of the molecule is CSc1ccc(Cl)cc1C(N)=O. The number of primary amides is 1. The van der Waals surface area contributed by atoms with E-state index < -0.39 is 5.91 Å². The van der Waals surface area contributed by atoms with E-state index in [1.807, 2.05) is 6.26 Å². The number of nitrogens with two attached hydrogens (primary N) is 1. The van der Waals surface area contributed by atoms with Crippen molar-refractivity contribution in [3.8, 4) is 0 Å². The van der Waals surface area contributed by atoms with Gasteiger partial charge in [-0.2, -0.15) is 0 Å². The third kappa shape index (κ3) is 1.93. The summed E-state index contributed by atoms with van der Waals surface area (Å²) in [5.74, 6) is -0.443. The Labute approximate surface area is 80.1 Å². The maximum absolute atomic E-state index is 10.9. The largest absolute Gasteiger partial charge is 0.366 e. The summed E-state index contributed by atoms with van der Waals surface area (Å²) in [4.78, 5) is 11.7. The van der Waals surface area contributed by atoms with Crippen LogP contribution in [-0.2, 0) is 0 Å². The molecule has 0 aliphatic heterocycles. The van der Waals surface area contributed by atoms with E-state index in [2.05, 4.69) is 0 Å². The van der Waals surface area contributed by atoms with Crippen LogP contribution in [0.2, 0.25) is 5.02 Å². The molecule has 0 aliphatic carbocycles. The first-order chi connectivity index (χ1) is 5.65. The third-order valence-corrected chi connectivity index (χ3v) is 2.46. The zero-order chi connectivity index (χ0) is 9.14. The molecule has 0 radical (unpaired) electrons. The molecule has 0 bridgehead atoms. The van der Waals surface area contributed by atoms with Gasteiger partial charge in [0.15, 0.2) is 0 Å². The third-order valence-electron chi connectivity index (χ3n) is 1.43. The van der Waals surface area contributed by atoms with Crippen molar-refractivity contribution in [2.24, 2.45) is 5.73 Å². The van der Waals surface area contributed by atoms with E-state index in [0.29, 0.717) is 10.6 Å². The molecule has 12 heavy (non-hydrogen) atoms. The minimum absolute atomic E-state index is 0.443. The summed E-state index contributed by atoms with van der Waals surface area (Å²) in [5.41, 5.74) is 5.63. The van der Waals surface area contributed by atoms with Crippen LogP contribution in [0, 0.1) is 0 Å². The zero-order valence-electron chi connectivity index (χ0n) is 6.50. The molecule has 0 heterocycles. The highest BCUT2D eigenvalue weighted by molar-refractivity contribution is 7.98. The summed E-state index contributed by atoms with van der Waals surface area (Å²) in [5, 5.41) is 0.529. The average molecular weight is 202 g/mol. The minimum Gasteiger partial charge on any atom is -0.366 e. The Morgan fingerprint density at radius 2 is 2.25 bits per heavy atom. The minimum atomic E-state index is -0.443. The highest BCUT2D eigenvalue weighted by Gasteiger charge is 2.06. The molecule has 0 fully saturated rings. The monoisotopic (exact) mass is 201 g/mol. The van der Waals surface area contributed by atoms with E-state index in [0.717, 1.165) is 4.90 Å². The van der Waals surface area contributed by atoms with Gasteiger partial charge in [-0.25, -0.2) is 0 Å². The lowest BCUT2D eigenvalue weighted by Gasteiger charge is -2.02. The van der Waals surface area contributed by atoms with E-state index in [9.17, 15) is 4.79 Å². The number of halogens is 1. The maximum Gasteiger partial charge on any atom is 0.249 e. The van der Waals surface area contributed by atoms with Gasteiger partial charge in [-0.15, -0.1) is 11.8 Å². The van der Waals surface area contributed by atoms with Crippen molar-refractivity contribution in [1.82, 2.24) is 0 Å². The van der Waals surface area contributed by atoms with Crippen molar-refractivity contribution in [3.05, 3.63) is 28.8 Å². The summed E-state index contributed by atoms with van der Waals surface area (Å²) in [6.07, 6.45) is 1.88. The van der Waals surface area contributed by atoms with Crippen LogP contribution in [0.25, 0.3) is 0 Å². The van der Waals surface area contributed by atoms with Crippen LogP contribution in [0.4, 0.5) is 0 Å².